The number of methoxy groups -OCH3 is 2. The average Bonchev–Trinajstić information content (AvgIpc) is 3.29. The van der Waals surface area contributed by atoms with Crippen molar-refractivity contribution in [2.45, 2.75) is 50.7 Å². The minimum absolute atomic E-state index is 0.0522. The maximum absolute atomic E-state index is 13.6. The lowest BCUT2D eigenvalue weighted by Gasteiger charge is -2.29. The van der Waals surface area contributed by atoms with E-state index in [0.29, 0.717) is 28.8 Å². The van der Waals surface area contributed by atoms with Gasteiger partial charge in [0.25, 0.3) is 0 Å². The number of nitrogens with zero attached hydrogens (tertiary/aromatic N) is 6. The number of hydrogen-bond acceptors (Lipinski definition) is 9. The monoisotopic (exact) mass is 529 g/mol. The van der Waals surface area contributed by atoms with Crippen LogP contribution in [-0.2, 0) is 10.0 Å². The zero-order chi connectivity index (χ0) is 26.7. The molecule has 200 valence electrons. The van der Waals surface area contributed by atoms with Gasteiger partial charge in [-0.3, -0.25) is 9.29 Å². The Bertz CT molecular complexity index is 1310. The second-order valence-electron chi connectivity index (χ2n) is 9.59. The second-order valence-corrected chi connectivity index (χ2v) is 11.6. The Balaban J connectivity index is 1.78. The van der Waals surface area contributed by atoms with Crippen LogP contribution in [0.4, 0.5) is 5.95 Å². The molecular weight excluding hydrogens is 494 g/mol. The second kappa shape index (κ2) is 11.0. The first kappa shape index (κ1) is 26.8. The molecule has 4 rings (SSSR count). The molecule has 37 heavy (non-hydrogen) atoms. The van der Waals surface area contributed by atoms with Crippen LogP contribution in [-0.4, -0.2) is 77.7 Å². The van der Waals surface area contributed by atoms with E-state index in [1.165, 1.54) is 0 Å². The van der Waals surface area contributed by atoms with Crippen LogP contribution >= 0.6 is 0 Å². The van der Waals surface area contributed by atoms with Gasteiger partial charge in [0.05, 0.1) is 19.5 Å². The van der Waals surface area contributed by atoms with Gasteiger partial charge in [-0.25, -0.2) is 18.4 Å². The van der Waals surface area contributed by atoms with Crippen LogP contribution in [0, 0.1) is 6.92 Å². The standard InChI is InChI=1S/C25H35N7O4S/c1-16-13-26-23(27-14-16)17(2)18(3)37(33,34)30-25-29-28-24(19-9-8-12-31(4)15-19)32(25)22-20(35-5)10-7-11-21(22)36-6/h7,10-11,13-14,17-19H,8-9,12,15H2,1-6H3,(H,29,30)/t17-,18-,19+/m0/s1. The molecule has 1 saturated heterocycles. The Morgan fingerprint density at radius 1 is 1.08 bits per heavy atom. The first-order chi connectivity index (χ1) is 17.7. The number of anilines is 1. The van der Waals surface area contributed by atoms with Crippen molar-refractivity contribution in [3.8, 4) is 17.2 Å². The Morgan fingerprint density at radius 3 is 2.32 bits per heavy atom. The number of ether oxygens (including phenoxy) is 2. The smallest absolute Gasteiger partial charge is 0.243 e. The van der Waals surface area contributed by atoms with E-state index < -0.39 is 21.2 Å². The normalized spacial score (nSPS) is 18.3. The van der Waals surface area contributed by atoms with Crippen LogP contribution in [0.2, 0.25) is 0 Å². The van der Waals surface area contributed by atoms with Crippen molar-refractivity contribution in [2.24, 2.45) is 0 Å². The number of hydrogen-bond donors (Lipinski definition) is 1. The molecule has 1 aromatic carbocycles. The Labute approximate surface area is 218 Å². The summed E-state index contributed by atoms with van der Waals surface area (Å²) >= 11 is 0. The number of nitrogens with one attached hydrogen (secondary N) is 1. The molecule has 0 radical (unpaired) electrons. The summed E-state index contributed by atoms with van der Waals surface area (Å²) in [6.07, 6.45) is 5.28. The summed E-state index contributed by atoms with van der Waals surface area (Å²) in [5.41, 5.74) is 1.45. The fourth-order valence-corrected chi connectivity index (χ4v) is 5.84. The van der Waals surface area contributed by atoms with Crippen LogP contribution in [0.3, 0.4) is 0 Å². The lowest BCUT2D eigenvalue weighted by Crippen LogP contribution is -2.33. The highest BCUT2D eigenvalue weighted by Gasteiger charge is 2.34. The van der Waals surface area contributed by atoms with E-state index >= 15 is 0 Å². The molecule has 3 aromatic rings. The molecule has 1 N–H and O–H groups in total. The minimum Gasteiger partial charge on any atom is -0.494 e. The summed E-state index contributed by atoms with van der Waals surface area (Å²) in [6, 6.07) is 5.41. The number of rotatable bonds is 9. The molecule has 0 unspecified atom stereocenters. The maximum atomic E-state index is 13.6. The highest BCUT2D eigenvalue weighted by Crippen LogP contribution is 2.38. The number of likely N-dealkylation sites (N-methyl/N-ethyl adjacent to an activating group) is 1. The van der Waals surface area contributed by atoms with Crippen LogP contribution in [0.1, 0.15) is 55.7 Å². The number of benzene rings is 1. The van der Waals surface area contributed by atoms with E-state index in [1.807, 2.05) is 13.0 Å². The van der Waals surface area contributed by atoms with Crippen molar-refractivity contribution in [3.63, 3.8) is 0 Å². The fraction of sp³-hybridized carbons (Fsp3) is 0.520. The van der Waals surface area contributed by atoms with Gasteiger partial charge >= 0.3 is 0 Å². The first-order valence-electron chi connectivity index (χ1n) is 12.3. The Kier molecular flexibility index (Phi) is 7.98. The zero-order valence-corrected chi connectivity index (χ0v) is 23.0. The Hall–Kier alpha value is -3.25. The quantitative estimate of drug-likeness (QED) is 0.445. The molecule has 3 atom stereocenters. The van der Waals surface area contributed by atoms with Crippen molar-refractivity contribution in [3.05, 3.63) is 47.8 Å². The third-order valence-electron chi connectivity index (χ3n) is 6.94. The van der Waals surface area contributed by atoms with Crippen molar-refractivity contribution >= 4 is 16.0 Å². The van der Waals surface area contributed by atoms with Crippen LogP contribution in [0.25, 0.3) is 5.69 Å². The van der Waals surface area contributed by atoms with Crippen molar-refractivity contribution < 1.29 is 17.9 Å². The molecule has 1 aliphatic rings. The molecule has 2 aromatic heterocycles. The number of aromatic nitrogens is 5. The third-order valence-corrected chi connectivity index (χ3v) is 8.79. The summed E-state index contributed by atoms with van der Waals surface area (Å²) in [4.78, 5) is 10.9. The van der Waals surface area contributed by atoms with E-state index in [-0.39, 0.29) is 11.9 Å². The van der Waals surface area contributed by atoms with E-state index in [2.05, 4.69) is 36.8 Å². The van der Waals surface area contributed by atoms with Crippen LogP contribution in [0.15, 0.2) is 30.6 Å². The molecule has 11 nitrogen and oxygen atoms in total. The first-order valence-corrected chi connectivity index (χ1v) is 13.9. The Morgan fingerprint density at radius 2 is 1.73 bits per heavy atom. The summed E-state index contributed by atoms with van der Waals surface area (Å²) in [7, 11) is 1.27. The summed E-state index contributed by atoms with van der Waals surface area (Å²) in [5, 5.41) is 7.95. The van der Waals surface area contributed by atoms with E-state index in [0.717, 1.165) is 31.5 Å². The summed E-state index contributed by atoms with van der Waals surface area (Å²) in [6.45, 7) is 7.10. The van der Waals surface area contributed by atoms with Gasteiger partial charge in [-0.05, 0) is 58.0 Å². The molecule has 0 amide bonds. The maximum Gasteiger partial charge on any atom is 0.243 e. The van der Waals surface area contributed by atoms with Crippen LogP contribution < -0.4 is 14.2 Å². The number of likely N-dealkylation sites (tertiary alicyclic amines) is 1. The highest BCUT2D eigenvalue weighted by atomic mass is 32.2. The molecule has 0 spiro atoms. The van der Waals surface area contributed by atoms with Gasteiger partial charge in [0.1, 0.15) is 28.8 Å². The largest absolute Gasteiger partial charge is 0.494 e. The molecular formula is C25H35N7O4S. The van der Waals surface area contributed by atoms with Crippen LogP contribution in [0.5, 0.6) is 11.5 Å². The number of aryl methyl sites for hydroxylation is 1. The topological polar surface area (TPSA) is 124 Å². The molecule has 12 heteroatoms. The number of para-hydroxylation sites is 1. The van der Waals surface area contributed by atoms with Crippen molar-refractivity contribution in [2.75, 3.05) is 39.1 Å². The van der Waals surface area contributed by atoms with Gasteiger partial charge in [-0.2, -0.15) is 0 Å². The van der Waals surface area contributed by atoms with Gasteiger partial charge < -0.3 is 14.4 Å². The molecule has 1 fully saturated rings. The SMILES string of the molecule is COc1cccc(OC)c1-n1c(NS(=O)(=O)[C@@H](C)[C@H](C)c2ncc(C)cn2)nnc1[C@@H]1CCCN(C)C1. The van der Waals surface area contributed by atoms with E-state index in [9.17, 15) is 8.42 Å². The predicted octanol–water partition coefficient (Wildman–Crippen LogP) is 3.13. The fourth-order valence-electron chi connectivity index (χ4n) is 4.61. The van der Waals surface area contributed by atoms with Gasteiger partial charge in [-0.1, -0.05) is 13.0 Å². The molecule has 0 aliphatic carbocycles. The number of piperidine rings is 1. The van der Waals surface area contributed by atoms with Gasteiger partial charge in [0.2, 0.25) is 16.0 Å². The summed E-state index contributed by atoms with van der Waals surface area (Å²) < 4.78 is 42.9. The van der Waals surface area contributed by atoms with Gasteiger partial charge in [0, 0.05) is 30.8 Å². The summed E-state index contributed by atoms with van der Waals surface area (Å²) in [5.74, 6) is 1.81. The molecule has 3 heterocycles. The van der Waals surface area contributed by atoms with Gasteiger partial charge in [0.15, 0.2) is 0 Å². The number of sulfonamides is 1. The lowest BCUT2D eigenvalue weighted by molar-refractivity contribution is 0.244. The minimum atomic E-state index is -3.91. The van der Waals surface area contributed by atoms with E-state index in [1.54, 1.807) is 57.2 Å². The average molecular weight is 530 g/mol. The zero-order valence-electron chi connectivity index (χ0n) is 22.2. The van der Waals surface area contributed by atoms with E-state index in [4.69, 9.17) is 9.47 Å². The highest BCUT2D eigenvalue weighted by molar-refractivity contribution is 7.93. The molecule has 0 bridgehead atoms. The van der Waals surface area contributed by atoms with Gasteiger partial charge in [-0.15, -0.1) is 10.2 Å². The predicted molar refractivity (Wildman–Crippen MR) is 141 cm³/mol. The molecule has 0 saturated carbocycles. The lowest BCUT2D eigenvalue weighted by atomic mass is 9.97. The molecule has 1 aliphatic heterocycles. The van der Waals surface area contributed by atoms with Crippen molar-refractivity contribution in [1.82, 2.24) is 29.6 Å². The third kappa shape index (κ3) is 5.54. The van der Waals surface area contributed by atoms with Crippen molar-refractivity contribution in [1.29, 1.82) is 0 Å².